The van der Waals surface area contributed by atoms with Crippen LogP contribution in [-0.4, -0.2) is 46.5 Å². The third-order valence-corrected chi connectivity index (χ3v) is 3.73. The fourth-order valence-corrected chi connectivity index (χ4v) is 2.56. The van der Waals surface area contributed by atoms with Crippen molar-refractivity contribution in [2.24, 2.45) is 11.1 Å². The Hall–Kier alpha value is -2.42. The van der Waals surface area contributed by atoms with Crippen molar-refractivity contribution < 1.29 is 31.8 Å². The highest BCUT2D eigenvalue weighted by Crippen LogP contribution is 2.31. The van der Waals surface area contributed by atoms with Gasteiger partial charge in [-0.2, -0.15) is 8.42 Å². The molecule has 0 aliphatic carbocycles. The molecule has 1 aromatic carbocycles. The average molecular weight is 371 g/mol. The molecule has 1 atom stereocenters. The second-order valence-corrected chi connectivity index (χ2v) is 6.91. The Morgan fingerprint density at radius 1 is 1.08 bits per heavy atom. The highest BCUT2D eigenvalue weighted by Gasteiger charge is 2.38. The quantitative estimate of drug-likeness (QED) is 0.295. The van der Waals surface area contributed by atoms with Gasteiger partial charge < -0.3 is 9.47 Å². The van der Waals surface area contributed by atoms with Crippen molar-refractivity contribution >= 4 is 27.8 Å². The Balaban J connectivity index is 3.24. The lowest BCUT2D eigenvalue weighted by molar-refractivity contribution is -0.159. The Kier molecular flexibility index (Phi) is 7.56. The molecule has 9 heteroatoms. The summed E-state index contributed by atoms with van der Waals surface area (Å²) in [6.07, 6.45) is 0.957. The van der Waals surface area contributed by atoms with E-state index < -0.39 is 33.9 Å². The zero-order valence-corrected chi connectivity index (χ0v) is 15.3. The number of oxime groups is 1. The smallest absolute Gasteiger partial charge is 0.325 e. The van der Waals surface area contributed by atoms with Crippen LogP contribution in [0.3, 0.4) is 0 Å². The molecule has 0 heterocycles. The number of hydrogen-bond acceptors (Lipinski definition) is 8. The average Bonchev–Trinajstić information content (AvgIpc) is 2.59. The molecule has 1 unspecified atom stereocenters. The van der Waals surface area contributed by atoms with Crippen molar-refractivity contribution in [1.29, 1.82) is 0 Å². The number of carbonyl (C=O) groups excluding carboxylic acids is 2. The Morgan fingerprint density at radius 3 is 2.04 bits per heavy atom. The van der Waals surface area contributed by atoms with E-state index >= 15 is 0 Å². The maximum absolute atomic E-state index is 12.1. The molecule has 0 aliphatic rings. The molecule has 138 valence electrons. The molecule has 0 aromatic heterocycles. The maximum atomic E-state index is 12.1. The summed E-state index contributed by atoms with van der Waals surface area (Å²) in [5.41, 5.74) is 0.967. The van der Waals surface area contributed by atoms with Crippen molar-refractivity contribution in [3.8, 4) is 0 Å². The van der Waals surface area contributed by atoms with Crippen LogP contribution in [0.4, 0.5) is 0 Å². The van der Waals surface area contributed by atoms with E-state index in [0.717, 1.165) is 6.26 Å². The van der Waals surface area contributed by atoms with E-state index in [2.05, 4.69) is 9.44 Å². The van der Waals surface area contributed by atoms with Gasteiger partial charge in [0, 0.05) is 5.92 Å². The molecule has 0 saturated carbocycles. The van der Waals surface area contributed by atoms with Crippen LogP contribution in [0.2, 0.25) is 0 Å². The summed E-state index contributed by atoms with van der Waals surface area (Å²) >= 11 is 0. The Labute approximate surface area is 146 Å². The van der Waals surface area contributed by atoms with E-state index in [4.69, 9.17) is 9.47 Å². The molecule has 0 aliphatic heterocycles. The minimum absolute atomic E-state index is 0.0917. The number of carbonyl (C=O) groups is 2. The lowest BCUT2D eigenvalue weighted by atomic mass is 9.82. The van der Waals surface area contributed by atoms with E-state index in [-0.39, 0.29) is 12.1 Å². The molecular weight excluding hydrogens is 350 g/mol. The van der Waals surface area contributed by atoms with Crippen LogP contribution in [0, 0.1) is 5.92 Å². The molecule has 0 fully saturated rings. The first-order valence-electron chi connectivity index (χ1n) is 7.32. The molecule has 0 saturated heterocycles. The molecule has 25 heavy (non-hydrogen) atoms. The van der Waals surface area contributed by atoms with Crippen molar-refractivity contribution in [3.63, 3.8) is 0 Å². The third-order valence-electron chi connectivity index (χ3n) is 3.38. The van der Waals surface area contributed by atoms with Gasteiger partial charge >= 0.3 is 22.1 Å². The molecular formula is C16H21NO7S. The summed E-state index contributed by atoms with van der Waals surface area (Å²) in [4.78, 5) is 24.3. The van der Waals surface area contributed by atoms with E-state index in [9.17, 15) is 18.0 Å². The SMILES string of the molecule is COC(=O)C(C(=O)OC)C(C/C(C)=N/OS(C)(=O)=O)c1ccccc1. The first-order valence-corrected chi connectivity index (χ1v) is 9.14. The molecule has 0 N–H and O–H groups in total. The van der Waals surface area contributed by atoms with Crippen LogP contribution in [0.5, 0.6) is 0 Å². The molecule has 1 aromatic rings. The second-order valence-electron chi connectivity index (χ2n) is 5.35. The lowest BCUT2D eigenvalue weighted by Gasteiger charge is -2.23. The van der Waals surface area contributed by atoms with Gasteiger partial charge in [-0.25, -0.2) is 0 Å². The van der Waals surface area contributed by atoms with Crippen LogP contribution < -0.4 is 0 Å². The highest BCUT2D eigenvalue weighted by atomic mass is 32.2. The van der Waals surface area contributed by atoms with Crippen LogP contribution in [0.15, 0.2) is 35.5 Å². The first-order chi connectivity index (χ1) is 11.7. The molecule has 8 nitrogen and oxygen atoms in total. The molecule has 0 spiro atoms. The highest BCUT2D eigenvalue weighted by molar-refractivity contribution is 7.85. The zero-order valence-electron chi connectivity index (χ0n) is 14.5. The van der Waals surface area contributed by atoms with Gasteiger partial charge in [-0.15, -0.1) is 0 Å². The van der Waals surface area contributed by atoms with Crippen LogP contribution in [0.25, 0.3) is 0 Å². The van der Waals surface area contributed by atoms with Gasteiger partial charge in [-0.05, 0) is 18.9 Å². The number of hydrogen-bond donors (Lipinski definition) is 0. The standard InChI is InChI=1S/C16H21NO7S/c1-11(17-24-25(4,20)21)10-13(12-8-6-5-7-9-12)14(15(18)22-2)16(19)23-3/h5-9,13-14H,10H2,1-4H3/b17-11+. The predicted molar refractivity (Wildman–Crippen MR) is 90.4 cm³/mol. The van der Waals surface area contributed by atoms with E-state index in [1.165, 1.54) is 21.1 Å². The van der Waals surface area contributed by atoms with Gasteiger partial charge in [-0.1, -0.05) is 35.5 Å². The molecule has 1 rings (SSSR count). The third kappa shape index (κ3) is 6.54. The van der Waals surface area contributed by atoms with Crippen LogP contribution in [0.1, 0.15) is 24.8 Å². The molecule has 0 radical (unpaired) electrons. The summed E-state index contributed by atoms with van der Waals surface area (Å²) in [7, 11) is -1.40. The second kappa shape index (κ2) is 9.16. The van der Waals surface area contributed by atoms with Gasteiger partial charge in [0.1, 0.15) is 0 Å². The zero-order chi connectivity index (χ0) is 19.0. The largest absolute Gasteiger partial charge is 0.468 e. The van der Waals surface area contributed by atoms with Crippen LogP contribution in [-0.2, 0) is 33.5 Å². The summed E-state index contributed by atoms with van der Waals surface area (Å²) in [5, 5.41) is 3.54. The number of nitrogens with zero attached hydrogens (tertiary/aromatic N) is 1. The summed E-state index contributed by atoms with van der Waals surface area (Å²) in [6.45, 7) is 1.53. The minimum Gasteiger partial charge on any atom is -0.468 e. The topological polar surface area (TPSA) is 108 Å². The Morgan fingerprint density at radius 2 is 1.60 bits per heavy atom. The summed E-state index contributed by atoms with van der Waals surface area (Å²) < 4.78 is 36.0. The van der Waals surface area contributed by atoms with Gasteiger partial charge in [-0.3, -0.25) is 13.9 Å². The monoisotopic (exact) mass is 371 g/mol. The molecule has 0 amide bonds. The lowest BCUT2D eigenvalue weighted by Crippen LogP contribution is -2.33. The van der Waals surface area contributed by atoms with Crippen molar-refractivity contribution in [2.45, 2.75) is 19.3 Å². The number of benzene rings is 1. The Bertz CT molecular complexity index is 712. The van der Waals surface area contributed by atoms with Gasteiger partial charge in [0.25, 0.3) is 0 Å². The normalized spacial score (nSPS) is 13.2. The number of rotatable bonds is 8. The fourth-order valence-electron chi connectivity index (χ4n) is 2.29. The fraction of sp³-hybridized carbons (Fsp3) is 0.438. The summed E-state index contributed by atoms with van der Waals surface area (Å²) in [5.74, 6) is -3.39. The van der Waals surface area contributed by atoms with E-state index in [1.807, 2.05) is 0 Å². The number of ether oxygens (including phenoxy) is 2. The van der Waals surface area contributed by atoms with Crippen LogP contribution >= 0.6 is 0 Å². The van der Waals surface area contributed by atoms with Crippen molar-refractivity contribution in [3.05, 3.63) is 35.9 Å². The number of esters is 2. The maximum Gasteiger partial charge on any atom is 0.325 e. The molecule has 0 bridgehead atoms. The van der Waals surface area contributed by atoms with Gasteiger partial charge in [0.15, 0.2) is 5.92 Å². The van der Waals surface area contributed by atoms with Crippen molar-refractivity contribution in [2.75, 3.05) is 20.5 Å². The van der Waals surface area contributed by atoms with Gasteiger partial charge in [0.2, 0.25) is 0 Å². The van der Waals surface area contributed by atoms with Gasteiger partial charge in [0.05, 0.1) is 26.2 Å². The number of methoxy groups -OCH3 is 2. The summed E-state index contributed by atoms with van der Waals surface area (Å²) in [6, 6.07) is 8.79. The minimum atomic E-state index is -3.75. The van der Waals surface area contributed by atoms with E-state index in [0.29, 0.717) is 5.56 Å². The predicted octanol–water partition coefficient (Wildman–Crippen LogP) is 1.47. The van der Waals surface area contributed by atoms with E-state index in [1.54, 1.807) is 30.3 Å². The van der Waals surface area contributed by atoms with Crippen molar-refractivity contribution in [1.82, 2.24) is 0 Å². The first kappa shape index (κ1) is 20.6.